The van der Waals surface area contributed by atoms with Crippen LogP contribution in [0.15, 0.2) is 107 Å². The van der Waals surface area contributed by atoms with Gasteiger partial charge in [-0.05, 0) is 96.9 Å². The van der Waals surface area contributed by atoms with E-state index in [4.69, 9.17) is 5.41 Å². The Morgan fingerprint density at radius 3 is 2.00 bits per heavy atom. The molecule has 0 unspecified atom stereocenters. The van der Waals surface area contributed by atoms with E-state index in [9.17, 15) is 9.90 Å². The summed E-state index contributed by atoms with van der Waals surface area (Å²) >= 11 is 3.34. The number of allylic oxidation sites excluding steroid dienone is 6. The van der Waals surface area contributed by atoms with Crippen molar-refractivity contribution in [1.29, 1.82) is 5.41 Å². The largest absolute Gasteiger partial charge is 0.507 e. The van der Waals surface area contributed by atoms with Crippen LogP contribution in [-0.2, 0) is 23.2 Å². The summed E-state index contributed by atoms with van der Waals surface area (Å²) in [7, 11) is 1.97. The topological polar surface area (TPSA) is 73.2 Å². The first-order chi connectivity index (χ1) is 20.7. The van der Waals surface area contributed by atoms with E-state index < -0.39 is 0 Å². The van der Waals surface area contributed by atoms with Gasteiger partial charge in [-0.15, -0.1) is 0 Å². The van der Waals surface area contributed by atoms with E-state index in [-0.39, 0.29) is 11.2 Å². The van der Waals surface area contributed by atoms with Crippen molar-refractivity contribution < 1.29 is 9.90 Å². The molecule has 4 rings (SSSR count). The van der Waals surface area contributed by atoms with Crippen molar-refractivity contribution in [3.8, 4) is 5.75 Å². The highest BCUT2D eigenvalue weighted by atomic mass is 79.9. The number of carbonyl (C=O) groups excluding carboxylic acids is 1. The molecule has 1 aliphatic rings. The molecular formula is C38H47BrN2O2. The van der Waals surface area contributed by atoms with Gasteiger partial charge in [-0.3, -0.25) is 0 Å². The van der Waals surface area contributed by atoms with Gasteiger partial charge in [0.05, 0.1) is 5.41 Å². The number of nitrogens with one attached hydrogen (secondary N) is 2. The average Bonchev–Trinajstić information content (AvgIpc) is 3.53. The number of aromatic hydroxyl groups is 1. The monoisotopic (exact) mass is 642 g/mol. The minimum atomic E-state index is -0.152. The van der Waals surface area contributed by atoms with E-state index in [1.807, 2.05) is 70.3 Å². The number of hydrogen-bond acceptors (Lipinski definition) is 4. The Hall–Kier alpha value is -3.54. The van der Waals surface area contributed by atoms with Crippen LogP contribution >= 0.6 is 15.9 Å². The maximum absolute atomic E-state index is 11.1. The summed E-state index contributed by atoms with van der Waals surface area (Å²) in [4.78, 5) is 11.1. The second-order valence-corrected chi connectivity index (χ2v) is 11.9. The fourth-order valence-corrected chi connectivity index (χ4v) is 5.10. The standard InChI is InChI=1S/C16H18BrNO.C12H14O.C10H15N/c1-11(2)8-13(9-12(3)15(17)10-18)14-6-4-5-7-16(14)19;13-10-12(8-4-5-9-12)11-6-2-1-3-7-11;1-3-9-4-6-10(7-5-9)8-11-2/h4-10,18-19H,1-3H3;1-3,6-7,10H,4-5,8-9H2;4-7,11H,3,8H2,1-2H3/b13-9+,15-12-,18-10?;;. The summed E-state index contributed by atoms with van der Waals surface area (Å²) < 4.78 is 0.725. The fourth-order valence-electron chi connectivity index (χ4n) is 4.99. The molecule has 0 amide bonds. The van der Waals surface area contributed by atoms with Crippen LogP contribution in [0.25, 0.3) is 5.57 Å². The number of aryl methyl sites for hydroxylation is 1. The third-order valence-corrected chi connectivity index (χ3v) is 8.27. The Morgan fingerprint density at radius 1 is 0.907 bits per heavy atom. The smallest absolute Gasteiger partial charge is 0.130 e. The van der Waals surface area contributed by atoms with E-state index in [2.05, 4.69) is 64.6 Å². The molecule has 1 aliphatic carbocycles. The number of carbonyl (C=O) groups is 1. The fraction of sp³-hybridized carbons (Fsp3) is 0.316. The van der Waals surface area contributed by atoms with Crippen LogP contribution in [0.4, 0.5) is 0 Å². The molecule has 0 aromatic heterocycles. The normalized spacial score (nSPS) is 14.2. The molecule has 4 nitrogen and oxygen atoms in total. The lowest BCUT2D eigenvalue weighted by Gasteiger charge is -2.21. The van der Waals surface area contributed by atoms with Gasteiger partial charge in [0, 0.05) is 22.8 Å². The molecule has 0 aliphatic heterocycles. The molecule has 0 atom stereocenters. The first-order valence-corrected chi connectivity index (χ1v) is 15.7. The van der Waals surface area contributed by atoms with E-state index in [0.29, 0.717) is 0 Å². The minimum absolute atomic E-state index is 0.152. The summed E-state index contributed by atoms with van der Waals surface area (Å²) in [5.74, 6) is 0.255. The van der Waals surface area contributed by atoms with E-state index in [1.54, 1.807) is 12.1 Å². The molecule has 43 heavy (non-hydrogen) atoms. The van der Waals surface area contributed by atoms with Crippen LogP contribution in [0, 0.1) is 5.41 Å². The number of phenols is 1. The lowest BCUT2D eigenvalue weighted by atomic mass is 9.80. The van der Waals surface area contributed by atoms with Gasteiger partial charge < -0.3 is 20.6 Å². The molecule has 0 radical (unpaired) electrons. The molecule has 1 saturated carbocycles. The molecule has 0 saturated heterocycles. The van der Waals surface area contributed by atoms with Gasteiger partial charge in [0.25, 0.3) is 0 Å². The Bertz CT molecular complexity index is 1380. The quantitative estimate of drug-likeness (QED) is 0.124. The van der Waals surface area contributed by atoms with Crippen molar-refractivity contribution in [2.45, 2.75) is 71.8 Å². The zero-order chi connectivity index (χ0) is 31.7. The SMILES string of the molecule is CC(C)=C/C(=C\C(C)=C(/Br)C=N)c1ccccc1O.CCc1ccc(CNC)cc1.O=CC1(c2ccccc2)CCCC1. The van der Waals surface area contributed by atoms with Crippen molar-refractivity contribution in [2.75, 3.05) is 7.05 Å². The highest BCUT2D eigenvalue weighted by molar-refractivity contribution is 9.12. The van der Waals surface area contributed by atoms with Crippen LogP contribution in [0.5, 0.6) is 5.75 Å². The predicted octanol–water partition coefficient (Wildman–Crippen LogP) is 9.73. The van der Waals surface area contributed by atoms with Crippen LogP contribution < -0.4 is 5.32 Å². The van der Waals surface area contributed by atoms with Gasteiger partial charge >= 0.3 is 0 Å². The van der Waals surface area contributed by atoms with Crippen LogP contribution in [0.2, 0.25) is 0 Å². The zero-order valence-electron chi connectivity index (χ0n) is 26.3. The molecule has 1 fully saturated rings. The predicted molar refractivity (Wildman–Crippen MR) is 187 cm³/mol. The lowest BCUT2D eigenvalue weighted by Crippen LogP contribution is -2.23. The van der Waals surface area contributed by atoms with Crippen molar-refractivity contribution >= 4 is 34.0 Å². The van der Waals surface area contributed by atoms with Crippen molar-refractivity contribution in [1.82, 2.24) is 5.32 Å². The number of benzene rings is 3. The lowest BCUT2D eigenvalue weighted by molar-refractivity contribution is -0.112. The van der Waals surface area contributed by atoms with Gasteiger partial charge in [-0.25, -0.2) is 0 Å². The van der Waals surface area contributed by atoms with Gasteiger partial charge in [0.2, 0.25) is 0 Å². The molecule has 228 valence electrons. The summed E-state index contributed by atoms with van der Waals surface area (Å²) in [6.45, 7) is 9.09. The molecule has 0 spiro atoms. The second kappa shape index (κ2) is 18.9. The third-order valence-electron chi connectivity index (χ3n) is 7.42. The number of phenolic OH excluding ortho intramolecular Hbond substituents is 1. The number of hydrogen-bond donors (Lipinski definition) is 3. The van der Waals surface area contributed by atoms with E-state index >= 15 is 0 Å². The first-order valence-electron chi connectivity index (χ1n) is 15.0. The van der Waals surface area contributed by atoms with E-state index in [0.717, 1.165) is 58.9 Å². The van der Waals surface area contributed by atoms with Crippen LogP contribution in [0.1, 0.15) is 75.6 Å². The molecular weight excluding hydrogens is 596 g/mol. The molecule has 0 heterocycles. The number of rotatable bonds is 9. The first kappa shape index (κ1) is 35.7. The number of aldehydes is 1. The summed E-state index contributed by atoms with van der Waals surface area (Å²) in [6, 6.07) is 26.1. The number of halogens is 1. The van der Waals surface area contributed by atoms with E-state index in [1.165, 1.54) is 35.7 Å². The van der Waals surface area contributed by atoms with Crippen molar-refractivity contribution in [2.24, 2.45) is 0 Å². The molecule has 3 aromatic carbocycles. The Morgan fingerprint density at radius 2 is 1.49 bits per heavy atom. The van der Waals surface area contributed by atoms with Crippen molar-refractivity contribution in [3.63, 3.8) is 0 Å². The van der Waals surface area contributed by atoms with Crippen molar-refractivity contribution in [3.05, 3.63) is 129 Å². The Balaban J connectivity index is 0.000000235. The maximum Gasteiger partial charge on any atom is 0.130 e. The summed E-state index contributed by atoms with van der Waals surface area (Å²) in [6.07, 6.45) is 11.9. The highest BCUT2D eigenvalue weighted by Crippen LogP contribution is 2.39. The van der Waals surface area contributed by atoms with Crippen LogP contribution in [0.3, 0.4) is 0 Å². The zero-order valence-corrected chi connectivity index (χ0v) is 27.9. The van der Waals surface area contributed by atoms with Gasteiger partial charge in [-0.1, -0.05) is 110 Å². The maximum atomic E-state index is 11.1. The third kappa shape index (κ3) is 11.6. The molecule has 3 N–H and O–H groups in total. The Labute approximate surface area is 267 Å². The van der Waals surface area contributed by atoms with Crippen LogP contribution in [-0.4, -0.2) is 24.7 Å². The average molecular weight is 644 g/mol. The van der Waals surface area contributed by atoms with Gasteiger partial charge in [0.15, 0.2) is 0 Å². The Kier molecular flexibility index (Phi) is 15.7. The molecule has 0 bridgehead atoms. The second-order valence-electron chi connectivity index (χ2n) is 11.1. The molecule has 5 heteroatoms. The number of para-hydroxylation sites is 1. The molecule has 3 aromatic rings. The van der Waals surface area contributed by atoms with Gasteiger partial charge in [0.1, 0.15) is 12.0 Å². The van der Waals surface area contributed by atoms with Gasteiger partial charge in [-0.2, -0.15) is 0 Å². The minimum Gasteiger partial charge on any atom is -0.507 e. The summed E-state index contributed by atoms with van der Waals surface area (Å²) in [5, 5.41) is 20.3. The summed E-state index contributed by atoms with van der Waals surface area (Å²) in [5.41, 5.74) is 7.60. The highest BCUT2D eigenvalue weighted by Gasteiger charge is 2.34.